The van der Waals surface area contributed by atoms with E-state index in [1.807, 2.05) is 31.2 Å². The number of hydrogen-bond acceptors (Lipinski definition) is 4. The lowest BCUT2D eigenvalue weighted by Crippen LogP contribution is -2.33. The second kappa shape index (κ2) is 5.35. The molecule has 1 fully saturated rings. The van der Waals surface area contributed by atoms with Crippen molar-refractivity contribution < 1.29 is 14.3 Å². The standard InChI is InChI=1S/C13H15NO3S/c1-9-12(8-18)17-13(15)14(9)7-10-4-3-5-11(6-10)16-2/h3-6,8-9,12H,7H2,1-2H3/t9-,12-/m1/s1. The largest absolute Gasteiger partial charge is 0.497 e. The van der Waals surface area contributed by atoms with E-state index in [4.69, 9.17) is 21.7 Å². The van der Waals surface area contributed by atoms with Crippen molar-refractivity contribution in [2.24, 2.45) is 0 Å². The first-order valence-electron chi connectivity index (χ1n) is 5.71. The van der Waals surface area contributed by atoms with Crippen molar-refractivity contribution >= 4 is 23.7 Å². The first-order valence-corrected chi connectivity index (χ1v) is 6.18. The minimum Gasteiger partial charge on any atom is -0.497 e. The molecule has 2 atom stereocenters. The van der Waals surface area contributed by atoms with E-state index in [1.54, 1.807) is 12.0 Å². The first kappa shape index (κ1) is 12.8. The molecule has 1 heterocycles. The summed E-state index contributed by atoms with van der Waals surface area (Å²) in [6, 6.07) is 7.59. The molecule has 0 radical (unpaired) electrons. The monoisotopic (exact) mass is 265 g/mol. The molecule has 96 valence electrons. The van der Waals surface area contributed by atoms with E-state index < -0.39 is 0 Å². The molecule has 0 N–H and O–H groups in total. The topological polar surface area (TPSA) is 38.8 Å². The number of rotatable bonds is 4. The van der Waals surface area contributed by atoms with E-state index in [1.165, 1.54) is 5.37 Å². The fraction of sp³-hybridized carbons (Fsp3) is 0.385. The number of cyclic esters (lactones) is 1. The van der Waals surface area contributed by atoms with Crippen LogP contribution in [-0.4, -0.2) is 35.6 Å². The van der Waals surface area contributed by atoms with Crippen LogP contribution < -0.4 is 4.74 Å². The van der Waals surface area contributed by atoms with Gasteiger partial charge in [0.15, 0.2) is 6.10 Å². The average molecular weight is 265 g/mol. The van der Waals surface area contributed by atoms with Crippen molar-refractivity contribution in [2.75, 3.05) is 7.11 Å². The molecule has 4 nitrogen and oxygen atoms in total. The molecule has 1 saturated heterocycles. The number of amides is 1. The van der Waals surface area contributed by atoms with E-state index in [-0.39, 0.29) is 18.2 Å². The highest BCUT2D eigenvalue weighted by molar-refractivity contribution is 7.79. The van der Waals surface area contributed by atoms with Gasteiger partial charge < -0.3 is 9.47 Å². The normalized spacial score (nSPS) is 22.8. The molecule has 1 aromatic carbocycles. The summed E-state index contributed by atoms with van der Waals surface area (Å²) in [5.74, 6) is 0.777. The van der Waals surface area contributed by atoms with Crippen molar-refractivity contribution in [3.05, 3.63) is 29.8 Å². The molecule has 0 aliphatic carbocycles. The molecule has 1 amide bonds. The van der Waals surface area contributed by atoms with Crippen LogP contribution in [0.2, 0.25) is 0 Å². The van der Waals surface area contributed by atoms with Gasteiger partial charge in [-0.25, -0.2) is 4.79 Å². The molecule has 0 bridgehead atoms. The quantitative estimate of drug-likeness (QED) is 0.784. The Morgan fingerprint density at radius 2 is 2.33 bits per heavy atom. The van der Waals surface area contributed by atoms with Crippen LogP contribution in [0.3, 0.4) is 0 Å². The zero-order valence-corrected chi connectivity index (χ0v) is 11.1. The van der Waals surface area contributed by atoms with Crippen LogP contribution >= 0.6 is 12.2 Å². The molecular weight excluding hydrogens is 250 g/mol. The number of ether oxygens (including phenoxy) is 2. The molecule has 0 spiro atoms. The summed E-state index contributed by atoms with van der Waals surface area (Å²) in [6.45, 7) is 2.43. The maximum atomic E-state index is 11.7. The maximum Gasteiger partial charge on any atom is 0.411 e. The zero-order valence-electron chi connectivity index (χ0n) is 10.3. The van der Waals surface area contributed by atoms with Crippen molar-refractivity contribution in [2.45, 2.75) is 25.6 Å². The number of carbonyl (C=O) groups excluding carboxylic acids is 1. The summed E-state index contributed by atoms with van der Waals surface area (Å²) in [5, 5.41) is 1.49. The van der Waals surface area contributed by atoms with E-state index in [2.05, 4.69) is 0 Å². The second-order valence-electron chi connectivity index (χ2n) is 4.20. The lowest BCUT2D eigenvalue weighted by atomic mass is 10.1. The van der Waals surface area contributed by atoms with Crippen molar-refractivity contribution in [3.8, 4) is 5.75 Å². The number of hydrogen-bond donors (Lipinski definition) is 0. The molecule has 0 saturated carbocycles. The highest BCUT2D eigenvalue weighted by Crippen LogP contribution is 2.22. The van der Waals surface area contributed by atoms with Gasteiger partial charge >= 0.3 is 6.09 Å². The van der Waals surface area contributed by atoms with Crippen molar-refractivity contribution in [1.29, 1.82) is 0 Å². The summed E-state index contributed by atoms with van der Waals surface area (Å²) in [6.07, 6.45) is -0.630. The summed E-state index contributed by atoms with van der Waals surface area (Å²) in [7, 11) is 1.62. The number of carbonyl (C=O) groups is 1. The number of thiocarbonyl (C=S) groups is 1. The third-order valence-electron chi connectivity index (χ3n) is 3.06. The number of benzene rings is 1. The first-order chi connectivity index (χ1) is 8.65. The van der Waals surface area contributed by atoms with Gasteiger partial charge in [-0.15, -0.1) is 0 Å². The van der Waals surface area contributed by atoms with Crippen LogP contribution in [-0.2, 0) is 11.3 Å². The summed E-state index contributed by atoms with van der Waals surface area (Å²) in [5.41, 5.74) is 1.00. The van der Waals surface area contributed by atoms with Crippen LogP contribution in [0.5, 0.6) is 5.75 Å². The molecule has 5 heteroatoms. The lowest BCUT2D eigenvalue weighted by molar-refractivity contribution is 0.149. The highest BCUT2D eigenvalue weighted by atomic mass is 32.1. The van der Waals surface area contributed by atoms with Gasteiger partial charge in [0.2, 0.25) is 0 Å². The molecule has 1 aliphatic rings. The van der Waals surface area contributed by atoms with Crippen LogP contribution in [0.1, 0.15) is 12.5 Å². The van der Waals surface area contributed by atoms with Crippen molar-refractivity contribution in [3.63, 3.8) is 0 Å². The molecule has 1 aliphatic heterocycles. The molecular formula is C13H15NO3S. The Morgan fingerprint density at radius 3 is 2.94 bits per heavy atom. The fourth-order valence-corrected chi connectivity index (χ4v) is 2.23. The summed E-state index contributed by atoms with van der Waals surface area (Å²) >= 11 is 4.85. The molecule has 18 heavy (non-hydrogen) atoms. The predicted molar refractivity (Wildman–Crippen MR) is 71.9 cm³/mol. The Labute approximate surface area is 111 Å². The van der Waals surface area contributed by atoms with E-state index in [0.29, 0.717) is 6.54 Å². The minimum atomic E-state index is -0.323. The average Bonchev–Trinajstić information content (AvgIpc) is 2.66. The molecule has 0 aromatic heterocycles. The lowest BCUT2D eigenvalue weighted by Gasteiger charge is -2.19. The minimum absolute atomic E-state index is 0.0406. The van der Waals surface area contributed by atoms with E-state index >= 15 is 0 Å². The number of methoxy groups -OCH3 is 1. The zero-order chi connectivity index (χ0) is 13.1. The van der Waals surface area contributed by atoms with Gasteiger partial charge in [0.25, 0.3) is 0 Å². The van der Waals surface area contributed by atoms with E-state index in [9.17, 15) is 4.79 Å². The molecule has 2 rings (SSSR count). The van der Waals surface area contributed by atoms with Crippen LogP contribution in [0, 0.1) is 0 Å². The Balaban J connectivity index is 2.13. The van der Waals surface area contributed by atoms with Gasteiger partial charge in [0.1, 0.15) is 5.75 Å². The van der Waals surface area contributed by atoms with Gasteiger partial charge in [-0.2, -0.15) is 0 Å². The highest BCUT2D eigenvalue weighted by Gasteiger charge is 2.37. The Hall–Kier alpha value is -1.62. The van der Waals surface area contributed by atoms with Gasteiger partial charge in [-0.1, -0.05) is 24.4 Å². The fourth-order valence-electron chi connectivity index (χ4n) is 1.94. The van der Waals surface area contributed by atoms with E-state index in [0.717, 1.165) is 11.3 Å². The third-order valence-corrected chi connectivity index (χ3v) is 3.33. The number of nitrogens with zero attached hydrogens (tertiary/aromatic N) is 1. The van der Waals surface area contributed by atoms with Crippen LogP contribution in [0.4, 0.5) is 4.79 Å². The predicted octanol–water partition coefficient (Wildman–Crippen LogP) is 2.40. The summed E-state index contributed by atoms with van der Waals surface area (Å²) < 4.78 is 10.3. The van der Waals surface area contributed by atoms with Gasteiger partial charge in [0, 0.05) is 11.9 Å². The Morgan fingerprint density at radius 1 is 1.56 bits per heavy atom. The van der Waals surface area contributed by atoms with Crippen LogP contribution in [0.25, 0.3) is 0 Å². The second-order valence-corrected chi connectivity index (χ2v) is 4.48. The third kappa shape index (κ3) is 2.46. The van der Waals surface area contributed by atoms with Gasteiger partial charge in [-0.3, -0.25) is 4.90 Å². The van der Waals surface area contributed by atoms with Gasteiger partial charge in [0.05, 0.1) is 13.2 Å². The molecule has 1 aromatic rings. The van der Waals surface area contributed by atoms with Crippen LogP contribution in [0.15, 0.2) is 24.3 Å². The summed E-state index contributed by atoms with van der Waals surface area (Å²) in [4.78, 5) is 13.4. The maximum absolute atomic E-state index is 11.7. The Kier molecular flexibility index (Phi) is 3.81. The SMILES string of the molecule is COc1cccc(CN2C(=O)O[C@H](C=S)[C@H]2C)c1. The molecule has 0 unspecified atom stereocenters. The van der Waals surface area contributed by atoms with Gasteiger partial charge in [-0.05, 0) is 24.6 Å². The smallest absolute Gasteiger partial charge is 0.411 e. The Bertz CT molecular complexity index is 463. The van der Waals surface area contributed by atoms with Crippen molar-refractivity contribution in [1.82, 2.24) is 4.90 Å².